The zero-order valence-corrected chi connectivity index (χ0v) is 17.9. The Labute approximate surface area is 183 Å². The van der Waals surface area contributed by atoms with Crippen molar-refractivity contribution in [1.29, 1.82) is 0 Å². The first kappa shape index (κ1) is 22.8. The van der Waals surface area contributed by atoms with Crippen LogP contribution < -0.4 is 10.2 Å². The van der Waals surface area contributed by atoms with Gasteiger partial charge in [-0.15, -0.1) is 0 Å². The number of carboxylic acid groups (broad SMARTS) is 1. The molecular weight excluding hydrogens is 425 g/mol. The van der Waals surface area contributed by atoms with Crippen LogP contribution >= 0.6 is 11.6 Å². The third-order valence-electron chi connectivity index (χ3n) is 5.18. The summed E-state index contributed by atoms with van der Waals surface area (Å²) >= 11 is 5.88. The first-order valence-corrected chi connectivity index (χ1v) is 10.3. The molecule has 2 N–H and O–H groups in total. The number of aliphatic hydroxyl groups excluding tert-OH is 1. The smallest absolute Gasteiger partial charge is 0.341 e. The van der Waals surface area contributed by atoms with Gasteiger partial charge in [0.2, 0.25) is 5.43 Å². The lowest BCUT2D eigenvalue weighted by atomic mass is 10.00. The number of aliphatic hydroxyl groups is 1. The largest absolute Gasteiger partial charge is 0.492 e. The number of nitrogens with zero attached hydrogens (tertiary/aromatic N) is 1. The number of hydrogen-bond acceptors (Lipinski definition) is 4. The minimum absolute atomic E-state index is 0.00688. The summed E-state index contributed by atoms with van der Waals surface area (Å²) < 4.78 is 21.8. The fraction of sp³-hybridized carbons (Fsp3) is 0.304. The molecule has 8 heteroatoms. The van der Waals surface area contributed by atoms with Crippen molar-refractivity contribution in [3.05, 3.63) is 74.3 Å². The van der Waals surface area contributed by atoms with E-state index in [1.54, 1.807) is 35.8 Å². The van der Waals surface area contributed by atoms with Gasteiger partial charge in [0.05, 0.1) is 35.2 Å². The van der Waals surface area contributed by atoms with Gasteiger partial charge in [0.1, 0.15) is 17.1 Å². The third kappa shape index (κ3) is 4.43. The molecule has 1 atom stereocenters. The summed E-state index contributed by atoms with van der Waals surface area (Å²) in [7, 11) is 0. The van der Waals surface area contributed by atoms with Crippen molar-refractivity contribution in [3.8, 4) is 5.75 Å². The molecule has 3 rings (SSSR count). The number of benzene rings is 2. The standard InChI is InChI=1S/C23H23ClFNO5/c1-3-15(12-27)26-11-17(23(29)30)22(28)16-9-13(10-19(21(16)26)31-4-2)8-14-6-5-7-18(24)20(14)25/h5-7,9-11,15,27H,3-4,8,12H2,1-2H3,(H,29,30)/t15-/m0/s1. The van der Waals surface area contributed by atoms with Gasteiger partial charge in [-0.1, -0.05) is 30.7 Å². The molecule has 0 radical (unpaired) electrons. The van der Waals surface area contributed by atoms with E-state index in [-0.39, 0.29) is 23.4 Å². The first-order valence-electron chi connectivity index (χ1n) is 9.93. The Balaban J connectivity index is 2.33. The molecule has 164 valence electrons. The summed E-state index contributed by atoms with van der Waals surface area (Å²) in [6.07, 6.45) is 1.89. The number of rotatable bonds is 8. The number of fused-ring (bicyclic) bond motifs is 1. The fourth-order valence-electron chi connectivity index (χ4n) is 3.64. The fourth-order valence-corrected chi connectivity index (χ4v) is 3.83. The Morgan fingerprint density at radius 2 is 2.03 bits per heavy atom. The van der Waals surface area contributed by atoms with Crippen LogP contribution in [-0.4, -0.2) is 34.0 Å². The molecule has 2 aromatic carbocycles. The normalized spacial score (nSPS) is 12.2. The molecule has 1 aromatic heterocycles. The minimum atomic E-state index is -1.36. The van der Waals surface area contributed by atoms with Gasteiger partial charge < -0.3 is 19.5 Å². The Hall–Kier alpha value is -2.90. The maximum Gasteiger partial charge on any atom is 0.341 e. The Morgan fingerprint density at radius 3 is 2.65 bits per heavy atom. The molecule has 0 fully saturated rings. The van der Waals surface area contributed by atoms with E-state index in [1.165, 1.54) is 12.3 Å². The van der Waals surface area contributed by atoms with E-state index in [1.807, 2.05) is 6.92 Å². The summed E-state index contributed by atoms with van der Waals surface area (Å²) in [5.74, 6) is -1.55. The summed E-state index contributed by atoms with van der Waals surface area (Å²) in [5.41, 5.74) is 0.230. The molecule has 0 unspecified atom stereocenters. The molecule has 0 saturated heterocycles. The van der Waals surface area contributed by atoms with Gasteiger partial charge in [0.25, 0.3) is 0 Å². The molecule has 31 heavy (non-hydrogen) atoms. The zero-order chi connectivity index (χ0) is 22.7. The lowest BCUT2D eigenvalue weighted by Crippen LogP contribution is -2.23. The van der Waals surface area contributed by atoms with Gasteiger partial charge in [0, 0.05) is 12.6 Å². The van der Waals surface area contributed by atoms with Crippen LogP contribution in [0.5, 0.6) is 5.75 Å². The van der Waals surface area contributed by atoms with Crippen molar-refractivity contribution in [2.75, 3.05) is 13.2 Å². The molecule has 0 bridgehead atoms. The van der Waals surface area contributed by atoms with Crippen LogP contribution in [0.4, 0.5) is 4.39 Å². The molecule has 0 saturated carbocycles. The topological polar surface area (TPSA) is 88.8 Å². The highest BCUT2D eigenvalue weighted by atomic mass is 35.5. The van der Waals surface area contributed by atoms with Crippen LogP contribution in [-0.2, 0) is 6.42 Å². The molecule has 1 heterocycles. The summed E-state index contributed by atoms with van der Waals surface area (Å²) in [6.45, 7) is 3.69. The van der Waals surface area contributed by atoms with E-state index in [9.17, 15) is 24.2 Å². The van der Waals surface area contributed by atoms with Crippen molar-refractivity contribution in [2.24, 2.45) is 0 Å². The second-order valence-electron chi connectivity index (χ2n) is 7.14. The van der Waals surface area contributed by atoms with Crippen molar-refractivity contribution in [3.63, 3.8) is 0 Å². The molecule has 0 spiro atoms. The quantitative estimate of drug-likeness (QED) is 0.533. The summed E-state index contributed by atoms with van der Waals surface area (Å²) in [4.78, 5) is 24.7. The minimum Gasteiger partial charge on any atom is -0.492 e. The SMILES string of the molecule is CCOc1cc(Cc2cccc(Cl)c2F)cc2c(=O)c(C(=O)O)cn([C@@H](CC)CO)c12. The second kappa shape index (κ2) is 9.49. The Kier molecular flexibility index (Phi) is 6.97. The zero-order valence-electron chi connectivity index (χ0n) is 17.2. The van der Waals surface area contributed by atoms with Crippen LogP contribution in [0.25, 0.3) is 10.9 Å². The van der Waals surface area contributed by atoms with E-state index < -0.39 is 28.8 Å². The van der Waals surface area contributed by atoms with Crippen LogP contribution in [0, 0.1) is 5.82 Å². The maximum absolute atomic E-state index is 14.4. The third-order valence-corrected chi connectivity index (χ3v) is 5.47. The van der Waals surface area contributed by atoms with E-state index in [4.69, 9.17) is 16.3 Å². The highest BCUT2D eigenvalue weighted by Crippen LogP contribution is 2.31. The van der Waals surface area contributed by atoms with Gasteiger partial charge in [-0.2, -0.15) is 0 Å². The van der Waals surface area contributed by atoms with Crippen LogP contribution in [0.2, 0.25) is 5.02 Å². The van der Waals surface area contributed by atoms with E-state index in [0.717, 1.165) is 0 Å². The van der Waals surface area contributed by atoms with Gasteiger partial charge >= 0.3 is 5.97 Å². The van der Waals surface area contributed by atoms with Crippen molar-refractivity contribution < 1.29 is 24.1 Å². The van der Waals surface area contributed by atoms with Gasteiger partial charge in [-0.25, -0.2) is 9.18 Å². The van der Waals surface area contributed by atoms with Crippen molar-refractivity contribution in [2.45, 2.75) is 32.7 Å². The van der Waals surface area contributed by atoms with Gasteiger partial charge in [-0.05, 0) is 42.7 Å². The van der Waals surface area contributed by atoms with E-state index >= 15 is 0 Å². The molecule has 0 amide bonds. The maximum atomic E-state index is 14.4. The first-order chi connectivity index (χ1) is 14.8. The number of halogens is 2. The van der Waals surface area contributed by atoms with Crippen LogP contribution in [0.3, 0.4) is 0 Å². The average molecular weight is 448 g/mol. The van der Waals surface area contributed by atoms with E-state index in [2.05, 4.69) is 0 Å². The number of aromatic nitrogens is 1. The number of ether oxygens (including phenoxy) is 1. The molecule has 0 aliphatic carbocycles. The lowest BCUT2D eigenvalue weighted by Gasteiger charge is -2.22. The number of carbonyl (C=O) groups is 1. The van der Waals surface area contributed by atoms with Crippen LogP contribution in [0.15, 0.2) is 41.3 Å². The summed E-state index contributed by atoms with van der Waals surface area (Å²) in [6, 6.07) is 7.48. The summed E-state index contributed by atoms with van der Waals surface area (Å²) in [5, 5.41) is 19.5. The average Bonchev–Trinajstić information content (AvgIpc) is 2.74. The van der Waals surface area contributed by atoms with Gasteiger partial charge in [0.15, 0.2) is 0 Å². The van der Waals surface area contributed by atoms with Crippen LogP contribution in [0.1, 0.15) is 47.8 Å². The predicted molar refractivity (Wildman–Crippen MR) is 117 cm³/mol. The van der Waals surface area contributed by atoms with Crippen molar-refractivity contribution >= 4 is 28.5 Å². The van der Waals surface area contributed by atoms with Gasteiger partial charge in [-0.3, -0.25) is 4.79 Å². The molecule has 0 aliphatic rings. The molecule has 3 aromatic rings. The monoisotopic (exact) mass is 447 g/mol. The highest BCUT2D eigenvalue weighted by Gasteiger charge is 2.22. The van der Waals surface area contributed by atoms with Crippen molar-refractivity contribution in [1.82, 2.24) is 4.57 Å². The Morgan fingerprint density at radius 1 is 1.29 bits per heavy atom. The molecular formula is C23H23ClFNO5. The number of hydrogen-bond donors (Lipinski definition) is 2. The highest BCUT2D eigenvalue weighted by molar-refractivity contribution is 6.30. The second-order valence-corrected chi connectivity index (χ2v) is 7.55. The Bertz CT molecular complexity index is 1190. The number of carboxylic acids is 1. The van der Waals surface area contributed by atoms with E-state index in [0.29, 0.717) is 35.4 Å². The number of aromatic carboxylic acids is 1. The molecule has 6 nitrogen and oxygen atoms in total. The molecule has 0 aliphatic heterocycles. The number of pyridine rings is 1. The predicted octanol–water partition coefficient (Wildman–Crippen LogP) is 4.43. The lowest BCUT2D eigenvalue weighted by molar-refractivity contribution is 0.0694.